The van der Waals surface area contributed by atoms with Crippen LogP contribution in [0, 0.1) is 5.82 Å². The van der Waals surface area contributed by atoms with Gasteiger partial charge in [-0.25, -0.2) is 9.37 Å². The molecule has 1 heterocycles. The SMILES string of the molecule is Oc1ccc(Cl)c(-c2nc3cc(F)ccc3s2)c1. The standard InChI is InChI=1S/C13H7ClFNOS/c14-10-3-2-8(17)6-9(10)13-16-11-5-7(15)1-4-12(11)18-13/h1-6,17H. The van der Waals surface area contributed by atoms with E-state index < -0.39 is 0 Å². The molecule has 90 valence electrons. The minimum atomic E-state index is -0.318. The van der Waals surface area contributed by atoms with E-state index in [1.165, 1.54) is 29.5 Å². The minimum Gasteiger partial charge on any atom is -0.508 e. The second-order valence-electron chi connectivity index (χ2n) is 3.80. The quantitative estimate of drug-likeness (QED) is 0.713. The van der Waals surface area contributed by atoms with E-state index in [2.05, 4.69) is 4.98 Å². The van der Waals surface area contributed by atoms with Crippen molar-refractivity contribution in [2.75, 3.05) is 0 Å². The minimum absolute atomic E-state index is 0.125. The first-order valence-corrected chi connectivity index (χ1v) is 6.38. The molecule has 0 saturated heterocycles. The van der Waals surface area contributed by atoms with Crippen LogP contribution in [-0.4, -0.2) is 10.1 Å². The summed E-state index contributed by atoms with van der Waals surface area (Å²) in [6.07, 6.45) is 0. The monoisotopic (exact) mass is 279 g/mol. The fraction of sp³-hybridized carbons (Fsp3) is 0. The summed E-state index contributed by atoms with van der Waals surface area (Å²) in [6.45, 7) is 0. The highest BCUT2D eigenvalue weighted by molar-refractivity contribution is 7.21. The van der Waals surface area contributed by atoms with Gasteiger partial charge in [-0.1, -0.05) is 11.6 Å². The second kappa shape index (κ2) is 4.23. The molecule has 2 nitrogen and oxygen atoms in total. The van der Waals surface area contributed by atoms with E-state index in [1.54, 1.807) is 18.2 Å². The zero-order chi connectivity index (χ0) is 12.7. The van der Waals surface area contributed by atoms with Crippen LogP contribution in [0.1, 0.15) is 0 Å². The molecule has 0 bridgehead atoms. The van der Waals surface area contributed by atoms with Gasteiger partial charge in [0.1, 0.15) is 16.6 Å². The second-order valence-corrected chi connectivity index (χ2v) is 5.23. The van der Waals surface area contributed by atoms with Gasteiger partial charge in [0.15, 0.2) is 0 Å². The Kier molecular flexibility index (Phi) is 2.69. The third kappa shape index (κ3) is 1.94. The number of hydrogen-bond donors (Lipinski definition) is 1. The summed E-state index contributed by atoms with van der Waals surface area (Å²) in [5.41, 5.74) is 1.24. The van der Waals surface area contributed by atoms with Gasteiger partial charge in [-0.15, -0.1) is 11.3 Å². The van der Waals surface area contributed by atoms with Crippen LogP contribution < -0.4 is 0 Å². The summed E-state index contributed by atoms with van der Waals surface area (Å²) in [7, 11) is 0. The number of hydrogen-bond acceptors (Lipinski definition) is 3. The van der Waals surface area contributed by atoms with E-state index in [4.69, 9.17) is 11.6 Å². The predicted octanol–water partition coefficient (Wildman–Crippen LogP) is 4.46. The van der Waals surface area contributed by atoms with Gasteiger partial charge >= 0.3 is 0 Å². The van der Waals surface area contributed by atoms with Crippen molar-refractivity contribution in [3.63, 3.8) is 0 Å². The topological polar surface area (TPSA) is 33.1 Å². The Morgan fingerprint density at radius 1 is 1.17 bits per heavy atom. The molecule has 0 radical (unpaired) electrons. The molecule has 0 atom stereocenters. The highest BCUT2D eigenvalue weighted by Crippen LogP contribution is 2.36. The van der Waals surface area contributed by atoms with E-state index >= 15 is 0 Å². The number of halogens is 2. The number of rotatable bonds is 1. The highest BCUT2D eigenvalue weighted by Gasteiger charge is 2.11. The molecule has 1 N–H and O–H groups in total. The number of phenols is 1. The molecular formula is C13H7ClFNOS. The van der Waals surface area contributed by atoms with Gasteiger partial charge in [0.2, 0.25) is 0 Å². The maximum Gasteiger partial charge on any atom is 0.126 e. The van der Waals surface area contributed by atoms with Crippen molar-refractivity contribution in [3.05, 3.63) is 47.2 Å². The highest BCUT2D eigenvalue weighted by atomic mass is 35.5. The van der Waals surface area contributed by atoms with Gasteiger partial charge in [0.05, 0.1) is 15.2 Å². The van der Waals surface area contributed by atoms with Gasteiger partial charge < -0.3 is 5.11 Å². The van der Waals surface area contributed by atoms with Crippen LogP contribution in [-0.2, 0) is 0 Å². The van der Waals surface area contributed by atoms with Crippen molar-refractivity contribution >= 4 is 33.2 Å². The van der Waals surface area contributed by atoms with Gasteiger partial charge in [-0.05, 0) is 30.3 Å². The fourth-order valence-corrected chi connectivity index (χ4v) is 2.93. The third-order valence-electron chi connectivity index (χ3n) is 2.53. The van der Waals surface area contributed by atoms with Gasteiger partial charge in [0, 0.05) is 11.6 Å². The van der Waals surface area contributed by atoms with Crippen LogP contribution in [0.15, 0.2) is 36.4 Å². The zero-order valence-electron chi connectivity index (χ0n) is 9.02. The molecule has 0 aliphatic rings. The molecule has 0 saturated carbocycles. The number of aromatic hydroxyl groups is 1. The van der Waals surface area contributed by atoms with Crippen molar-refractivity contribution in [2.45, 2.75) is 0 Å². The molecule has 3 rings (SSSR count). The smallest absolute Gasteiger partial charge is 0.126 e. The van der Waals surface area contributed by atoms with E-state index in [9.17, 15) is 9.50 Å². The largest absolute Gasteiger partial charge is 0.508 e. The van der Waals surface area contributed by atoms with Crippen molar-refractivity contribution in [1.82, 2.24) is 4.98 Å². The summed E-state index contributed by atoms with van der Waals surface area (Å²) in [4.78, 5) is 4.33. The lowest BCUT2D eigenvalue weighted by atomic mass is 10.2. The van der Waals surface area contributed by atoms with Crippen molar-refractivity contribution in [3.8, 4) is 16.3 Å². The van der Waals surface area contributed by atoms with Crippen LogP contribution in [0.25, 0.3) is 20.8 Å². The normalized spacial score (nSPS) is 11.0. The summed E-state index contributed by atoms with van der Waals surface area (Å²) < 4.78 is 14.0. The summed E-state index contributed by atoms with van der Waals surface area (Å²) in [6, 6.07) is 9.14. The molecule has 1 aromatic heterocycles. The molecule has 5 heteroatoms. The number of fused-ring (bicyclic) bond motifs is 1. The van der Waals surface area contributed by atoms with Crippen LogP contribution >= 0.6 is 22.9 Å². The van der Waals surface area contributed by atoms with Crippen LogP contribution in [0.2, 0.25) is 5.02 Å². The Morgan fingerprint density at radius 3 is 2.83 bits per heavy atom. The number of nitrogens with zero attached hydrogens (tertiary/aromatic N) is 1. The fourth-order valence-electron chi connectivity index (χ4n) is 1.69. The Bertz CT molecular complexity index is 741. The van der Waals surface area contributed by atoms with E-state index in [0.717, 1.165) is 4.70 Å². The number of aromatic nitrogens is 1. The number of phenolic OH excluding ortho intramolecular Hbond substituents is 1. The molecular weight excluding hydrogens is 273 g/mol. The lowest BCUT2D eigenvalue weighted by Gasteiger charge is -2.00. The Morgan fingerprint density at radius 2 is 2.00 bits per heavy atom. The van der Waals surface area contributed by atoms with Gasteiger partial charge in [-0.2, -0.15) is 0 Å². The average Bonchev–Trinajstić information content (AvgIpc) is 2.74. The Labute approximate surface area is 111 Å². The molecule has 18 heavy (non-hydrogen) atoms. The number of benzene rings is 2. The molecule has 0 amide bonds. The number of thiazole rings is 1. The molecule has 0 fully saturated rings. The zero-order valence-corrected chi connectivity index (χ0v) is 10.6. The molecule has 0 spiro atoms. The van der Waals surface area contributed by atoms with Crippen molar-refractivity contribution in [1.29, 1.82) is 0 Å². The molecule has 2 aromatic carbocycles. The summed E-state index contributed by atoms with van der Waals surface area (Å²) >= 11 is 7.48. The van der Waals surface area contributed by atoms with Crippen LogP contribution in [0.3, 0.4) is 0 Å². The van der Waals surface area contributed by atoms with Gasteiger partial charge in [-0.3, -0.25) is 0 Å². The van der Waals surface area contributed by atoms with Gasteiger partial charge in [0.25, 0.3) is 0 Å². The average molecular weight is 280 g/mol. The van der Waals surface area contributed by atoms with Crippen molar-refractivity contribution in [2.24, 2.45) is 0 Å². The van der Waals surface area contributed by atoms with E-state index in [1.807, 2.05) is 0 Å². The first-order valence-electron chi connectivity index (χ1n) is 5.18. The summed E-state index contributed by atoms with van der Waals surface area (Å²) in [5.74, 6) is -0.193. The van der Waals surface area contributed by atoms with Crippen LogP contribution in [0.4, 0.5) is 4.39 Å². The third-order valence-corrected chi connectivity index (χ3v) is 3.93. The van der Waals surface area contributed by atoms with Crippen LogP contribution in [0.5, 0.6) is 5.75 Å². The lowest BCUT2D eigenvalue weighted by Crippen LogP contribution is -1.78. The maximum absolute atomic E-state index is 13.1. The molecule has 0 aliphatic heterocycles. The van der Waals surface area contributed by atoms with E-state index in [-0.39, 0.29) is 11.6 Å². The molecule has 0 unspecified atom stereocenters. The first-order chi connectivity index (χ1) is 8.63. The lowest BCUT2D eigenvalue weighted by molar-refractivity contribution is 0.475. The maximum atomic E-state index is 13.1. The summed E-state index contributed by atoms with van der Waals surface area (Å²) in [5, 5.41) is 10.6. The Hall–Kier alpha value is -1.65. The predicted molar refractivity (Wildman–Crippen MR) is 71.7 cm³/mol. The van der Waals surface area contributed by atoms with E-state index in [0.29, 0.717) is 21.1 Å². The molecule has 3 aromatic rings. The first kappa shape index (κ1) is 11.4. The Balaban J connectivity index is 2.22. The molecule has 0 aliphatic carbocycles. The van der Waals surface area contributed by atoms with Crippen molar-refractivity contribution < 1.29 is 9.50 Å².